The summed E-state index contributed by atoms with van der Waals surface area (Å²) in [5, 5.41) is 0. The molecule has 1 unspecified atom stereocenters. The Kier molecular flexibility index (Phi) is 3.98. The van der Waals surface area contributed by atoms with Gasteiger partial charge >= 0.3 is 0 Å². The molecule has 1 fully saturated rings. The third-order valence-electron chi connectivity index (χ3n) is 2.52. The normalized spacial score (nSPS) is 28.8. The van der Waals surface area contributed by atoms with Gasteiger partial charge in [-0.15, -0.1) is 0 Å². The third-order valence-corrected chi connectivity index (χ3v) is 2.52. The van der Waals surface area contributed by atoms with Crippen LogP contribution < -0.4 is 0 Å². The van der Waals surface area contributed by atoms with Crippen LogP contribution in [0.1, 0.15) is 13.8 Å². The molecule has 0 aromatic heterocycles. The standard InChI is InChI=1S/C9H19NO2/c1-4-10-5-6-12-9(7-10)8(2)11-3/h8-9H,4-7H2,1-3H3/t8-,9?/m0/s1. The average molecular weight is 173 g/mol. The van der Waals surface area contributed by atoms with Crippen LogP contribution in [0.3, 0.4) is 0 Å². The number of nitrogens with zero attached hydrogens (tertiary/aromatic N) is 1. The Morgan fingerprint density at radius 1 is 1.67 bits per heavy atom. The number of likely N-dealkylation sites (N-methyl/N-ethyl adjacent to an activating group) is 1. The molecule has 2 atom stereocenters. The molecule has 0 aromatic rings. The van der Waals surface area contributed by atoms with Crippen molar-refractivity contribution < 1.29 is 9.47 Å². The second kappa shape index (κ2) is 4.80. The number of hydrogen-bond acceptors (Lipinski definition) is 3. The molecule has 0 aliphatic carbocycles. The highest BCUT2D eigenvalue weighted by molar-refractivity contribution is 4.75. The van der Waals surface area contributed by atoms with Gasteiger partial charge in [0.05, 0.1) is 18.8 Å². The predicted molar refractivity (Wildman–Crippen MR) is 48.3 cm³/mol. The van der Waals surface area contributed by atoms with Gasteiger partial charge in [0.2, 0.25) is 0 Å². The van der Waals surface area contributed by atoms with Gasteiger partial charge in [0.25, 0.3) is 0 Å². The van der Waals surface area contributed by atoms with Crippen molar-refractivity contribution in [1.29, 1.82) is 0 Å². The number of hydrogen-bond donors (Lipinski definition) is 0. The first-order chi connectivity index (χ1) is 5.77. The highest BCUT2D eigenvalue weighted by Crippen LogP contribution is 2.10. The van der Waals surface area contributed by atoms with Crippen LogP contribution in [0.4, 0.5) is 0 Å². The molecule has 3 nitrogen and oxygen atoms in total. The summed E-state index contributed by atoms with van der Waals surface area (Å²) in [5.74, 6) is 0. The zero-order chi connectivity index (χ0) is 8.97. The van der Waals surface area contributed by atoms with Crippen molar-refractivity contribution in [2.75, 3.05) is 33.4 Å². The Bertz CT molecular complexity index is 128. The summed E-state index contributed by atoms with van der Waals surface area (Å²) in [4.78, 5) is 2.39. The minimum Gasteiger partial charge on any atom is -0.379 e. The molecule has 0 bridgehead atoms. The van der Waals surface area contributed by atoms with Gasteiger partial charge in [0.15, 0.2) is 0 Å². The van der Waals surface area contributed by atoms with Crippen LogP contribution >= 0.6 is 0 Å². The first kappa shape index (κ1) is 9.96. The summed E-state index contributed by atoms with van der Waals surface area (Å²) < 4.78 is 10.8. The van der Waals surface area contributed by atoms with E-state index in [4.69, 9.17) is 9.47 Å². The zero-order valence-corrected chi connectivity index (χ0v) is 8.25. The number of methoxy groups -OCH3 is 1. The fourth-order valence-electron chi connectivity index (χ4n) is 1.45. The summed E-state index contributed by atoms with van der Waals surface area (Å²) >= 11 is 0. The lowest BCUT2D eigenvalue weighted by Gasteiger charge is -2.34. The van der Waals surface area contributed by atoms with Crippen molar-refractivity contribution in [3.63, 3.8) is 0 Å². The van der Waals surface area contributed by atoms with Crippen molar-refractivity contribution in [3.8, 4) is 0 Å². The van der Waals surface area contributed by atoms with Crippen molar-refractivity contribution >= 4 is 0 Å². The second-order valence-corrected chi connectivity index (χ2v) is 3.24. The van der Waals surface area contributed by atoms with Gasteiger partial charge in [0.1, 0.15) is 0 Å². The first-order valence-electron chi connectivity index (χ1n) is 4.64. The topological polar surface area (TPSA) is 21.7 Å². The largest absolute Gasteiger partial charge is 0.379 e. The van der Waals surface area contributed by atoms with E-state index in [1.54, 1.807) is 7.11 Å². The average Bonchev–Trinajstić information content (AvgIpc) is 2.17. The highest BCUT2D eigenvalue weighted by Gasteiger charge is 2.24. The maximum atomic E-state index is 5.60. The molecule has 1 saturated heterocycles. The van der Waals surface area contributed by atoms with E-state index >= 15 is 0 Å². The molecule has 1 aliphatic rings. The van der Waals surface area contributed by atoms with Gasteiger partial charge in [0, 0.05) is 20.2 Å². The molecule has 0 spiro atoms. The Labute approximate surface area is 74.6 Å². The van der Waals surface area contributed by atoms with E-state index < -0.39 is 0 Å². The fraction of sp³-hybridized carbons (Fsp3) is 1.00. The lowest BCUT2D eigenvalue weighted by atomic mass is 10.2. The molecule has 1 heterocycles. The molecule has 0 N–H and O–H groups in total. The maximum Gasteiger partial charge on any atom is 0.0960 e. The Morgan fingerprint density at radius 3 is 3.00 bits per heavy atom. The smallest absolute Gasteiger partial charge is 0.0960 e. The van der Waals surface area contributed by atoms with Gasteiger partial charge in [-0.2, -0.15) is 0 Å². The first-order valence-corrected chi connectivity index (χ1v) is 4.64. The molecular formula is C9H19NO2. The second-order valence-electron chi connectivity index (χ2n) is 3.24. The van der Waals surface area contributed by atoms with Gasteiger partial charge in [-0.05, 0) is 13.5 Å². The zero-order valence-electron chi connectivity index (χ0n) is 8.25. The van der Waals surface area contributed by atoms with Crippen LogP contribution in [0.2, 0.25) is 0 Å². The van der Waals surface area contributed by atoms with Crippen LogP contribution in [-0.2, 0) is 9.47 Å². The van der Waals surface area contributed by atoms with E-state index in [2.05, 4.69) is 18.7 Å². The van der Waals surface area contributed by atoms with E-state index in [0.29, 0.717) is 0 Å². The van der Waals surface area contributed by atoms with E-state index in [0.717, 1.165) is 26.2 Å². The number of rotatable bonds is 3. The van der Waals surface area contributed by atoms with Crippen molar-refractivity contribution in [2.24, 2.45) is 0 Å². The molecule has 0 amide bonds. The highest BCUT2D eigenvalue weighted by atomic mass is 16.5. The van der Waals surface area contributed by atoms with E-state index in [1.165, 1.54) is 0 Å². The lowest BCUT2D eigenvalue weighted by Crippen LogP contribution is -2.47. The van der Waals surface area contributed by atoms with E-state index in [1.807, 2.05) is 0 Å². The van der Waals surface area contributed by atoms with Crippen molar-refractivity contribution in [1.82, 2.24) is 4.90 Å². The molecule has 72 valence electrons. The molecule has 1 aliphatic heterocycles. The number of morpholine rings is 1. The molecular weight excluding hydrogens is 154 g/mol. The summed E-state index contributed by atoms with van der Waals surface area (Å²) in [5.41, 5.74) is 0. The van der Waals surface area contributed by atoms with Crippen LogP contribution in [-0.4, -0.2) is 50.5 Å². The minimum absolute atomic E-state index is 0.208. The molecule has 0 saturated carbocycles. The van der Waals surface area contributed by atoms with Gasteiger partial charge in [-0.3, -0.25) is 4.90 Å². The monoisotopic (exact) mass is 173 g/mol. The van der Waals surface area contributed by atoms with E-state index in [9.17, 15) is 0 Å². The minimum atomic E-state index is 0.208. The van der Waals surface area contributed by atoms with Crippen LogP contribution in [0.25, 0.3) is 0 Å². The van der Waals surface area contributed by atoms with Crippen molar-refractivity contribution in [2.45, 2.75) is 26.1 Å². The molecule has 0 radical (unpaired) electrons. The fourth-order valence-corrected chi connectivity index (χ4v) is 1.45. The van der Waals surface area contributed by atoms with Crippen LogP contribution in [0.5, 0.6) is 0 Å². The molecule has 12 heavy (non-hydrogen) atoms. The number of ether oxygens (including phenoxy) is 2. The molecule has 1 rings (SSSR count). The van der Waals surface area contributed by atoms with Crippen LogP contribution in [0.15, 0.2) is 0 Å². The molecule has 0 aromatic carbocycles. The summed E-state index contributed by atoms with van der Waals surface area (Å²) in [6.07, 6.45) is 0.461. The SMILES string of the molecule is CCN1CCOC([C@H](C)OC)C1. The predicted octanol–water partition coefficient (Wildman–Crippen LogP) is 0.742. The van der Waals surface area contributed by atoms with Crippen molar-refractivity contribution in [3.05, 3.63) is 0 Å². The lowest BCUT2D eigenvalue weighted by molar-refractivity contribution is -0.0931. The summed E-state index contributed by atoms with van der Waals surface area (Å²) in [7, 11) is 1.74. The van der Waals surface area contributed by atoms with Gasteiger partial charge in [-0.1, -0.05) is 6.92 Å². The van der Waals surface area contributed by atoms with Crippen LogP contribution in [0, 0.1) is 0 Å². The Hall–Kier alpha value is -0.120. The third kappa shape index (κ3) is 2.44. The summed E-state index contributed by atoms with van der Waals surface area (Å²) in [6.45, 7) is 8.25. The quantitative estimate of drug-likeness (QED) is 0.628. The summed E-state index contributed by atoms with van der Waals surface area (Å²) in [6, 6.07) is 0. The van der Waals surface area contributed by atoms with Gasteiger partial charge in [-0.25, -0.2) is 0 Å². The van der Waals surface area contributed by atoms with E-state index in [-0.39, 0.29) is 12.2 Å². The Morgan fingerprint density at radius 2 is 2.42 bits per heavy atom. The maximum absolute atomic E-state index is 5.60. The molecule has 3 heteroatoms. The van der Waals surface area contributed by atoms with Gasteiger partial charge < -0.3 is 9.47 Å². The Balaban J connectivity index is 2.34.